The van der Waals surface area contributed by atoms with E-state index in [9.17, 15) is 4.79 Å². The van der Waals surface area contributed by atoms with Gasteiger partial charge in [-0.1, -0.05) is 57.0 Å². The van der Waals surface area contributed by atoms with Crippen LogP contribution >= 0.6 is 31.9 Å². The summed E-state index contributed by atoms with van der Waals surface area (Å²) in [5.41, 5.74) is 2.78. The Balaban J connectivity index is 2.20. The number of benzene rings is 2. The number of carbonyl (C=O) groups excluding carboxylic acids is 1. The molecule has 2 aromatic rings. The van der Waals surface area contributed by atoms with Gasteiger partial charge in [-0.05, 0) is 48.7 Å². The minimum absolute atomic E-state index is 0.0176. The minimum Gasteiger partial charge on any atom is -0.345 e. The van der Waals surface area contributed by atoms with E-state index >= 15 is 0 Å². The molecule has 0 radical (unpaired) electrons. The topological polar surface area (TPSA) is 29.1 Å². The van der Waals surface area contributed by atoms with Crippen LogP contribution < -0.4 is 5.32 Å². The van der Waals surface area contributed by atoms with Crippen molar-refractivity contribution in [3.63, 3.8) is 0 Å². The summed E-state index contributed by atoms with van der Waals surface area (Å²) in [6.07, 6.45) is 0.848. The minimum atomic E-state index is -0.0384. The number of nitrogens with one attached hydrogen (secondary N) is 1. The number of halogens is 2. The first-order valence-electron chi connectivity index (χ1n) is 6.84. The Bertz CT molecular complexity index is 638. The summed E-state index contributed by atoms with van der Waals surface area (Å²) >= 11 is 6.89. The Hall–Kier alpha value is -1.13. The van der Waals surface area contributed by atoms with Crippen LogP contribution in [-0.2, 0) is 0 Å². The molecule has 1 amide bonds. The summed E-state index contributed by atoms with van der Waals surface area (Å²) in [7, 11) is 0. The van der Waals surface area contributed by atoms with Gasteiger partial charge in [0.25, 0.3) is 5.91 Å². The van der Waals surface area contributed by atoms with Crippen LogP contribution in [0, 0.1) is 6.92 Å². The highest BCUT2D eigenvalue weighted by atomic mass is 79.9. The Labute approximate surface area is 142 Å². The number of rotatable bonds is 4. The summed E-state index contributed by atoms with van der Waals surface area (Å²) in [4.78, 5) is 12.5. The number of carbonyl (C=O) groups is 1. The van der Waals surface area contributed by atoms with E-state index in [1.165, 1.54) is 0 Å². The molecule has 1 N–H and O–H groups in total. The first kappa shape index (κ1) is 16.2. The summed E-state index contributed by atoms with van der Waals surface area (Å²) < 4.78 is 1.99. The van der Waals surface area contributed by atoms with Gasteiger partial charge in [0, 0.05) is 14.5 Å². The first-order chi connectivity index (χ1) is 10.0. The molecule has 0 fully saturated rings. The SMILES string of the molecule is CCC(NC(=O)c1cccc(Br)c1C)c1ccc(Br)cc1. The molecule has 2 rings (SSSR count). The predicted molar refractivity (Wildman–Crippen MR) is 93.5 cm³/mol. The monoisotopic (exact) mass is 409 g/mol. The summed E-state index contributed by atoms with van der Waals surface area (Å²) in [5.74, 6) is -0.0384. The van der Waals surface area contributed by atoms with Crippen LogP contribution in [0.4, 0.5) is 0 Å². The average molecular weight is 411 g/mol. The zero-order valence-electron chi connectivity index (χ0n) is 12.0. The fourth-order valence-corrected chi connectivity index (χ4v) is 2.84. The molecule has 2 aromatic carbocycles. The highest BCUT2D eigenvalue weighted by molar-refractivity contribution is 9.10. The molecular weight excluding hydrogens is 394 g/mol. The number of amides is 1. The van der Waals surface area contributed by atoms with Gasteiger partial charge in [-0.3, -0.25) is 4.79 Å². The van der Waals surface area contributed by atoms with Crippen LogP contribution in [0.25, 0.3) is 0 Å². The van der Waals surface area contributed by atoms with Gasteiger partial charge in [-0.15, -0.1) is 0 Å². The van der Waals surface area contributed by atoms with Crippen molar-refractivity contribution >= 4 is 37.8 Å². The van der Waals surface area contributed by atoms with Gasteiger partial charge in [0.2, 0.25) is 0 Å². The lowest BCUT2D eigenvalue weighted by Gasteiger charge is -2.18. The van der Waals surface area contributed by atoms with E-state index in [1.54, 1.807) is 0 Å². The van der Waals surface area contributed by atoms with Crippen LogP contribution in [-0.4, -0.2) is 5.91 Å². The van der Waals surface area contributed by atoms with Crippen molar-refractivity contribution in [2.75, 3.05) is 0 Å². The Kier molecular flexibility index (Phi) is 5.59. The van der Waals surface area contributed by atoms with E-state index < -0.39 is 0 Å². The highest BCUT2D eigenvalue weighted by Crippen LogP contribution is 2.22. The molecule has 0 bridgehead atoms. The van der Waals surface area contributed by atoms with Crippen molar-refractivity contribution < 1.29 is 4.79 Å². The molecule has 0 aliphatic carbocycles. The van der Waals surface area contributed by atoms with Crippen molar-refractivity contribution in [3.05, 3.63) is 68.1 Å². The fourth-order valence-electron chi connectivity index (χ4n) is 2.21. The molecule has 1 atom stereocenters. The van der Waals surface area contributed by atoms with Crippen molar-refractivity contribution in [2.24, 2.45) is 0 Å². The molecule has 0 saturated carbocycles. The lowest BCUT2D eigenvalue weighted by atomic mass is 10.0. The fraction of sp³-hybridized carbons (Fsp3) is 0.235. The number of hydrogen-bond acceptors (Lipinski definition) is 1. The van der Waals surface area contributed by atoms with Gasteiger partial charge in [0.15, 0.2) is 0 Å². The Morgan fingerprint density at radius 2 is 1.81 bits per heavy atom. The zero-order valence-corrected chi connectivity index (χ0v) is 15.2. The van der Waals surface area contributed by atoms with Crippen molar-refractivity contribution in [3.8, 4) is 0 Å². The third kappa shape index (κ3) is 3.95. The molecule has 1 unspecified atom stereocenters. The van der Waals surface area contributed by atoms with E-state index in [1.807, 2.05) is 49.4 Å². The predicted octanol–water partition coefficient (Wildman–Crippen LogP) is 5.40. The molecule has 0 saturated heterocycles. The van der Waals surface area contributed by atoms with Crippen molar-refractivity contribution in [2.45, 2.75) is 26.3 Å². The first-order valence-corrected chi connectivity index (χ1v) is 8.43. The maximum Gasteiger partial charge on any atom is 0.252 e. The zero-order chi connectivity index (χ0) is 15.4. The Morgan fingerprint density at radius 3 is 2.43 bits per heavy atom. The second kappa shape index (κ2) is 7.23. The maximum atomic E-state index is 12.5. The van der Waals surface area contributed by atoms with Crippen LogP contribution in [0.5, 0.6) is 0 Å². The maximum absolute atomic E-state index is 12.5. The van der Waals surface area contributed by atoms with Gasteiger partial charge in [-0.25, -0.2) is 0 Å². The molecule has 0 heterocycles. The lowest BCUT2D eigenvalue weighted by molar-refractivity contribution is 0.0935. The summed E-state index contributed by atoms with van der Waals surface area (Å²) in [6, 6.07) is 13.7. The van der Waals surface area contributed by atoms with Crippen LogP contribution in [0.15, 0.2) is 51.4 Å². The van der Waals surface area contributed by atoms with Crippen LogP contribution in [0.2, 0.25) is 0 Å². The van der Waals surface area contributed by atoms with Gasteiger partial charge in [0.1, 0.15) is 0 Å². The van der Waals surface area contributed by atoms with E-state index in [0.29, 0.717) is 5.56 Å². The summed E-state index contributed by atoms with van der Waals surface area (Å²) in [6.45, 7) is 4.01. The molecule has 21 heavy (non-hydrogen) atoms. The van der Waals surface area contributed by atoms with E-state index in [0.717, 1.165) is 26.5 Å². The molecule has 2 nitrogen and oxygen atoms in total. The third-order valence-electron chi connectivity index (χ3n) is 3.50. The smallest absolute Gasteiger partial charge is 0.252 e. The van der Waals surface area contributed by atoms with E-state index in [4.69, 9.17) is 0 Å². The molecule has 0 aliphatic rings. The Morgan fingerprint density at radius 1 is 1.14 bits per heavy atom. The molecule has 0 aromatic heterocycles. The highest BCUT2D eigenvalue weighted by Gasteiger charge is 2.16. The third-order valence-corrected chi connectivity index (χ3v) is 4.89. The van der Waals surface area contributed by atoms with Crippen LogP contribution in [0.3, 0.4) is 0 Å². The molecule has 0 aliphatic heterocycles. The van der Waals surface area contributed by atoms with E-state index in [2.05, 4.69) is 44.1 Å². The molecule has 4 heteroatoms. The van der Waals surface area contributed by atoms with Gasteiger partial charge < -0.3 is 5.32 Å². The van der Waals surface area contributed by atoms with Gasteiger partial charge in [0.05, 0.1) is 6.04 Å². The van der Waals surface area contributed by atoms with Gasteiger partial charge >= 0.3 is 0 Å². The number of hydrogen-bond donors (Lipinski definition) is 1. The molecule has 0 spiro atoms. The standard InChI is InChI=1S/C17H17Br2NO/c1-3-16(12-7-9-13(18)10-8-12)20-17(21)14-5-4-6-15(19)11(14)2/h4-10,16H,3H2,1-2H3,(H,20,21). The average Bonchev–Trinajstić information content (AvgIpc) is 2.48. The molecule has 110 valence electrons. The van der Waals surface area contributed by atoms with Crippen LogP contribution in [0.1, 0.15) is 40.9 Å². The van der Waals surface area contributed by atoms with Crippen molar-refractivity contribution in [1.82, 2.24) is 5.32 Å². The second-order valence-electron chi connectivity index (χ2n) is 4.90. The summed E-state index contributed by atoms with van der Waals surface area (Å²) in [5, 5.41) is 3.11. The molecular formula is C17H17Br2NO. The second-order valence-corrected chi connectivity index (χ2v) is 6.67. The normalized spacial score (nSPS) is 12.0. The quantitative estimate of drug-likeness (QED) is 0.717. The van der Waals surface area contributed by atoms with Crippen molar-refractivity contribution in [1.29, 1.82) is 0 Å². The van der Waals surface area contributed by atoms with E-state index in [-0.39, 0.29) is 11.9 Å². The van der Waals surface area contributed by atoms with Gasteiger partial charge in [-0.2, -0.15) is 0 Å². The lowest BCUT2D eigenvalue weighted by Crippen LogP contribution is -2.28. The largest absolute Gasteiger partial charge is 0.345 e.